The summed E-state index contributed by atoms with van der Waals surface area (Å²) in [6, 6.07) is 3.43. The maximum absolute atomic E-state index is 11.4. The molecule has 0 bridgehead atoms. The van der Waals surface area contributed by atoms with Crippen LogP contribution in [0, 0.1) is 6.92 Å². The fourth-order valence-electron chi connectivity index (χ4n) is 1.13. The summed E-state index contributed by atoms with van der Waals surface area (Å²) in [7, 11) is 0. The third-order valence-corrected chi connectivity index (χ3v) is 2.53. The van der Waals surface area contributed by atoms with Gasteiger partial charge in [-0.1, -0.05) is 0 Å². The molecule has 4 heteroatoms. The van der Waals surface area contributed by atoms with E-state index in [2.05, 4.69) is 15.9 Å². The molecule has 1 rings (SSSR count). The zero-order valence-corrected chi connectivity index (χ0v) is 9.72. The van der Waals surface area contributed by atoms with Gasteiger partial charge in [0.25, 0.3) is 0 Å². The maximum Gasteiger partial charge on any atom is 0.338 e. The third kappa shape index (κ3) is 2.26. The summed E-state index contributed by atoms with van der Waals surface area (Å²) in [4.78, 5) is 11.4. The minimum atomic E-state index is -0.314. The van der Waals surface area contributed by atoms with Gasteiger partial charge < -0.3 is 10.5 Å². The van der Waals surface area contributed by atoms with Crippen LogP contribution in [0.15, 0.2) is 16.6 Å². The number of hydrogen-bond donors (Lipinski definition) is 1. The Balaban J connectivity index is 3.09. The van der Waals surface area contributed by atoms with Crippen molar-refractivity contribution >= 4 is 27.6 Å². The molecule has 0 saturated heterocycles. The van der Waals surface area contributed by atoms with Crippen molar-refractivity contribution in [1.82, 2.24) is 0 Å². The van der Waals surface area contributed by atoms with E-state index in [1.54, 1.807) is 19.1 Å². The van der Waals surface area contributed by atoms with Gasteiger partial charge in [-0.3, -0.25) is 0 Å². The summed E-state index contributed by atoms with van der Waals surface area (Å²) in [6.45, 7) is 3.98. The van der Waals surface area contributed by atoms with Crippen LogP contribution in [0.25, 0.3) is 0 Å². The second kappa shape index (κ2) is 4.46. The lowest BCUT2D eigenvalue weighted by molar-refractivity contribution is 0.0525. The predicted octanol–water partition coefficient (Wildman–Crippen LogP) is 2.52. The zero-order valence-electron chi connectivity index (χ0n) is 8.13. The molecule has 0 aliphatic carbocycles. The number of halogens is 1. The highest BCUT2D eigenvalue weighted by Crippen LogP contribution is 2.24. The number of rotatable bonds is 2. The molecule has 0 aromatic heterocycles. The van der Waals surface area contributed by atoms with Gasteiger partial charge in [0.2, 0.25) is 0 Å². The molecule has 14 heavy (non-hydrogen) atoms. The van der Waals surface area contributed by atoms with Gasteiger partial charge >= 0.3 is 5.97 Å². The Bertz CT molecular complexity index is 363. The van der Waals surface area contributed by atoms with Crippen LogP contribution >= 0.6 is 15.9 Å². The first-order valence-electron chi connectivity index (χ1n) is 4.29. The predicted molar refractivity (Wildman–Crippen MR) is 59.2 cm³/mol. The first-order chi connectivity index (χ1) is 6.56. The van der Waals surface area contributed by atoms with Gasteiger partial charge in [-0.15, -0.1) is 0 Å². The van der Waals surface area contributed by atoms with Gasteiger partial charge in [-0.25, -0.2) is 4.79 Å². The third-order valence-electron chi connectivity index (χ3n) is 1.84. The monoisotopic (exact) mass is 257 g/mol. The molecule has 0 amide bonds. The van der Waals surface area contributed by atoms with Crippen molar-refractivity contribution in [3.05, 3.63) is 27.7 Å². The number of carbonyl (C=O) groups excluding carboxylic acids is 1. The number of aryl methyl sites for hydroxylation is 1. The lowest BCUT2D eigenvalue weighted by atomic mass is 10.1. The number of hydrogen-bond acceptors (Lipinski definition) is 3. The standard InChI is InChI=1S/C10H12BrNO2/c1-3-14-10(13)7-5-8(11)9(12)4-6(7)2/h4-5H,3,12H2,1-2H3. The SMILES string of the molecule is CCOC(=O)c1cc(Br)c(N)cc1C. The van der Waals surface area contributed by atoms with Crippen molar-refractivity contribution in [3.63, 3.8) is 0 Å². The molecule has 2 N–H and O–H groups in total. The van der Waals surface area contributed by atoms with Gasteiger partial charge in [-0.2, -0.15) is 0 Å². The first kappa shape index (κ1) is 11.0. The Morgan fingerprint density at radius 1 is 1.57 bits per heavy atom. The number of esters is 1. The smallest absolute Gasteiger partial charge is 0.338 e. The molecule has 0 aliphatic heterocycles. The lowest BCUT2D eigenvalue weighted by Gasteiger charge is -2.07. The highest BCUT2D eigenvalue weighted by molar-refractivity contribution is 9.10. The van der Waals surface area contributed by atoms with E-state index in [1.807, 2.05) is 6.92 Å². The molecule has 0 aliphatic rings. The quantitative estimate of drug-likeness (QED) is 0.655. The number of anilines is 1. The van der Waals surface area contributed by atoms with E-state index < -0.39 is 0 Å². The summed E-state index contributed by atoms with van der Waals surface area (Å²) in [5.41, 5.74) is 7.66. The molecule has 76 valence electrons. The number of carbonyl (C=O) groups is 1. The first-order valence-corrected chi connectivity index (χ1v) is 5.08. The number of benzene rings is 1. The summed E-state index contributed by atoms with van der Waals surface area (Å²) in [5, 5.41) is 0. The molecule has 1 aromatic rings. The number of ether oxygens (including phenoxy) is 1. The minimum absolute atomic E-state index is 0.314. The summed E-state index contributed by atoms with van der Waals surface area (Å²) >= 11 is 3.27. The van der Waals surface area contributed by atoms with Crippen LogP contribution < -0.4 is 5.73 Å². The minimum Gasteiger partial charge on any atom is -0.462 e. The van der Waals surface area contributed by atoms with Crippen LogP contribution in [0.4, 0.5) is 5.69 Å². The van der Waals surface area contributed by atoms with Crippen LogP contribution in [0.3, 0.4) is 0 Å². The summed E-state index contributed by atoms with van der Waals surface area (Å²) in [5.74, 6) is -0.314. The van der Waals surface area contributed by atoms with E-state index in [-0.39, 0.29) is 5.97 Å². The molecule has 0 unspecified atom stereocenters. The van der Waals surface area contributed by atoms with Gasteiger partial charge in [0, 0.05) is 10.2 Å². The van der Waals surface area contributed by atoms with E-state index in [1.165, 1.54) is 0 Å². The van der Waals surface area contributed by atoms with E-state index in [4.69, 9.17) is 10.5 Å². The van der Waals surface area contributed by atoms with Gasteiger partial charge in [0.05, 0.1) is 12.2 Å². The molecule has 3 nitrogen and oxygen atoms in total. The highest BCUT2D eigenvalue weighted by Gasteiger charge is 2.11. The van der Waals surface area contributed by atoms with Gasteiger partial charge in [0.15, 0.2) is 0 Å². The zero-order chi connectivity index (χ0) is 10.7. The van der Waals surface area contributed by atoms with Crippen LogP contribution in [0.1, 0.15) is 22.8 Å². The van der Waals surface area contributed by atoms with E-state index in [0.29, 0.717) is 22.3 Å². The van der Waals surface area contributed by atoms with E-state index in [0.717, 1.165) is 5.56 Å². The fraction of sp³-hybridized carbons (Fsp3) is 0.300. The van der Waals surface area contributed by atoms with Crippen molar-refractivity contribution in [3.8, 4) is 0 Å². The Kier molecular flexibility index (Phi) is 3.52. The molecule has 0 atom stereocenters. The molecular weight excluding hydrogens is 246 g/mol. The Labute approximate surface area is 91.4 Å². The molecule has 0 saturated carbocycles. The maximum atomic E-state index is 11.4. The molecule has 0 radical (unpaired) electrons. The largest absolute Gasteiger partial charge is 0.462 e. The van der Waals surface area contributed by atoms with Crippen molar-refractivity contribution in [2.24, 2.45) is 0 Å². The van der Waals surface area contributed by atoms with Gasteiger partial charge in [0.1, 0.15) is 0 Å². The van der Waals surface area contributed by atoms with Crippen molar-refractivity contribution in [1.29, 1.82) is 0 Å². The second-order valence-electron chi connectivity index (χ2n) is 2.91. The van der Waals surface area contributed by atoms with Gasteiger partial charge in [-0.05, 0) is 47.5 Å². The van der Waals surface area contributed by atoms with E-state index >= 15 is 0 Å². The Morgan fingerprint density at radius 3 is 2.79 bits per heavy atom. The summed E-state index contributed by atoms with van der Waals surface area (Å²) < 4.78 is 5.62. The topological polar surface area (TPSA) is 52.3 Å². The molecule has 0 heterocycles. The molecular formula is C10H12BrNO2. The second-order valence-corrected chi connectivity index (χ2v) is 3.76. The van der Waals surface area contributed by atoms with Crippen LogP contribution in [-0.4, -0.2) is 12.6 Å². The Hall–Kier alpha value is -1.03. The fourth-order valence-corrected chi connectivity index (χ4v) is 1.48. The molecule has 0 fully saturated rings. The normalized spacial score (nSPS) is 9.93. The van der Waals surface area contributed by atoms with Crippen molar-refractivity contribution in [2.45, 2.75) is 13.8 Å². The van der Waals surface area contributed by atoms with Crippen LogP contribution in [0.2, 0.25) is 0 Å². The molecule has 1 aromatic carbocycles. The average molecular weight is 258 g/mol. The average Bonchev–Trinajstić information content (AvgIpc) is 2.11. The van der Waals surface area contributed by atoms with Crippen LogP contribution in [0.5, 0.6) is 0 Å². The number of nitrogens with two attached hydrogens (primary N) is 1. The lowest BCUT2D eigenvalue weighted by Crippen LogP contribution is -2.07. The molecule has 0 spiro atoms. The highest BCUT2D eigenvalue weighted by atomic mass is 79.9. The summed E-state index contributed by atoms with van der Waals surface area (Å²) in [6.07, 6.45) is 0. The van der Waals surface area contributed by atoms with E-state index in [9.17, 15) is 4.79 Å². The Morgan fingerprint density at radius 2 is 2.21 bits per heavy atom. The van der Waals surface area contributed by atoms with Crippen molar-refractivity contribution in [2.75, 3.05) is 12.3 Å². The van der Waals surface area contributed by atoms with Crippen LogP contribution in [-0.2, 0) is 4.74 Å². The van der Waals surface area contributed by atoms with Crippen molar-refractivity contribution < 1.29 is 9.53 Å². The number of nitrogen functional groups attached to an aromatic ring is 1.